The molecule has 0 heterocycles. The molecule has 0 fully saturated rings. The SMILES string of the molecule is COc1ccc(-c2ccccc2C(=O)N(Cc2ccccc2)Cc2ccccc2)cc1OC. The molecule has 0 aliphatic carbocycles. The highest BCUT2D eigenvalue weighted by molar-refractivity contribution is 6.01. The molecule has 166 valence electrons. The number of nitrogens with zero attached hydrogens (tertiary/aromatic N) is 1. The van der Waals surface area contributed by atoms with E-state index in [4.69, 9.17) is 9.47 Å². The van der Waals surface area contributed by atoms with Crippen LogP contribution in [0, 0.1) is 0 Å². The third-order valence-corrected chi connectivity index (χ3v) is 5.57. The second kappa shape index (κ2) is 10.5. The van der Waals surface area contributed by atoms with E-state index in [9.17, 15) is 4.79 Å². The van der Waals surface area contributed by atoms with Crippen molar-refractivity contribution in [3.05, 3.63) is 120 Å². The summed E-state index contributed by atoms with van der Waals surface area (Å²) >= 11 is 0. The van der Waals surface area contributed by atoms with Crippen molar-refractivity contribution < 1.29 is 14.3 Å². The molecule has 0 unspecified atom stereocenters. The van der Waals surface area contributed by atoms with Gasteiger partial charge >= 0.3 is 0 Å². The molecule has 0 aromatic heterocycles. The van der Waals surface area contributed by atoms with E-state index in [-0.39, 0.29) is 5.91 Å². The lowest BCUT2D eigenvalue weighted by molar-refractivity contribution is 0.0731. The Labute approximate surface area is 195 Å². The maximum atomic E-state index is 13.9. The zero-order valence-electron chi connectivity index (χ0n) is 18.9. The lowest BCUT2D eigenvalue weighted by atomic mass is 9.98. The number of carbonyl (C=O) groups is 1. The molecule has 1 amide bonds. The number of hydrogen-bond donors (Lipinski definition) is 0. The highest BCUT2D eigenvalue weighted by Gasteiger charge is 2.21. The first kappa shape index (κ1) is 22.2. The smallest absolute Gasteiger partial charge is 0.255 e. The molecule has 0 saturated carbocycles. The van der Waals surface area contributed by atoms with Gasteiger partial charge in [-0.2, -0.15) is 0 Å². The number of benzene rings is 4. The summed E-state index contributed by atoms with van der Waals surface area (Å²) in [6, 6.07) is 33.6. The minimum absolute atomic E-state index is 0.0203. The third-order valence-electron chi connectivity index (χ3n) is 5.57. The molecule has 4 nitrogen and oxygen atoms in total. The van der Waals surface area contributed by atoms with Crippen molar-refractivity contribution in [2.75, 3.05) is 14.2 Å². The van der Waals surface area contributed by atoms with Crippen LogP contribution >= 0.6 is 0 Å². The fourth-order valence-electron chi connectivity index (χ4n) is 3.90. The summed E-state index contributed by atoms with van der Waals surface area (Å²) in [6.07, 6.45) is 0. The van der Waals surface area contributed by atoms with E-state index in [0.717, 1.165) is 22.3 Å². The summed E-state index contributed by atoms with van der Waals surface area (Å²) in [5, 5.41) is 0. The Hall–Kier alpha value is -4.05. The van der Waals surface area contributed by atoms with Gasteiger partial charge in [0.05, 0.1) is 14.2 Å². The van der Waals surface area contributed by atoms with Gasteiger partial charge in [0.2, 0.25) is 0 Å². The summed E-state index contributed by atoms with van der Waals surface area (Å²) in [4.78, 5) is 15.8. The molecule has 0 spiro atoms. The summed E-state index contributed by atoms with van der Waals surface area (Å²) in [7, 11) is 3.22. The Bertz CT molecular complexity index is 1160. The molecule has 0 aliphatic heterocycles. The van der Waals surface area contributed by atoms with Crippen molar-refractivity contribution in [2.24, 2.45) is 0 Å². The standard InChI is InChI=1S/C29H27NO3/c1-32-27-18-17-24(19-28(27)33-2)25-15-9-10-16-26(25)29(31)30(20-22-11-5-3-6-12-22)21-23-13-7-4-8-14-23/h3-19H,20-21H2,1-2H3. The van der Waals surface area contributed by atoms with Gasteiger partial charge in [0, 0.05) is 18.7 Å². The summed E-state index contributed by atoms with van der Waals surface area (Å²) < 4.78 is 10.9. The van der Waals surface area contributed by atoms with Crippen LogP contribution in [0.4, 0.5) is 0 Å². The van der Waals surface area contributed by atoms with Crippen LogP contribution in [0.5, 0.6) is 11.5 Å². The zero-order chi connectivity index (χ0) is 23.0. The lowest BCUT2D eigenvalue weighted by Gasteiger charge is -2.24. The molecule has 4 heteroatoms. The minimum atomic E-state index is -0.0203. The van der Waals surface area contributed by atoms with E-state index in [1.165, 1.54) is 0 Å². The summed E-state index contributed by atoms with van der Waals surface area (Å²) in [5.41, 5.74) is 4.58. The second-order valence-electron chi connectivity index (χ2n) is 7.75. The molecule has 33 heavy (non-hydrogen) atoms. The van der Waals surface area contributed by atoms with Crippen molar-refractivity contribution in [3.8, 4) is 22.6 Å². The fourth-order valence-corrected chi connectivity index (χ4v) is 3.90. The van der Waals surface area contributed by atoms with Crippen LogP contribution < -0.4 is 9.47 Å². The van der Waals surface area contributed by atoms with E-state index in [0.29, 0.717) is 30.2 Å². The van der Waals surface area contributed by atoms with Crippen molar-refractivity contribution in [2.45, 2.75) is 13.1 Å². The van der Waals surface area contributed by atoms with Crippen molar-refractivity contribution in [1.29, 1.82) is 0 Å². The number of carbonyl (C=O) groups excluding carboxylic acids is 1. The Morgan fingerprint density at radius 2 is 1.21 bits per heavy atom. The zero-order valence-corrected chi connectivity index (χ0v) is 18.9. The molecule has 0 atom stereocenters. The molecule has 0 N–H and O–H groups in total. The quantitative estimate of drug-likeness (QED) is 0.329. The van der Waals surface area contributed by atoms with E-state index in [2.05, 4.69) is 0 Å². The second-order valence-corrected chi connectivity index (χ2v) is 7.75. The highest BCUT2D eigenvalue weighted by Crippen LogP contribution is 2.34. The Morgan fingerprint density at radius 1 is 0.667 bits per heavy atom. The fraction of sp³-hybridized carbons (Fsp3) is 0.138. The Morgan fingerprint density at radius 3 is 1.79 bits per heavy atom. The average molecular weight is 438 g/mol. The number of amides is 1. The molecular formula is C29H27NO3. The van der Waals surface area contributed by atoms with E-state index in [1.54, 1.807) is 14.2 Å². The maximum absolute atomic E-state index is 13.9. The first-order valence-corrected chi connectivity index (χ1v) is 10.9. The van der Waals surface area contributed by atoms with Crippen LogP contribution in [0.15, 0.2) is 103 Å². The van der Waals surface area contributed by atoms with Gasteiger partial charge in [0.1, 0.15) is 0 Å². The monoisotopic (exact) mass is 437 g/mol. The van der Waals surface area contributed by atoms with Crippen LogP contribution in [-0.4, -0.2) is 25.0 Å². The van der Waals surface area contributed by atoms with Crippen molar-refractivity contribution >= 4 is 5.91 Å². The molecule has 4 rings (SSSR count). The first-order chi connectivity index (χ1) is 16.2. The van der Waals surface area contributed by atoms with Crippen LogP contribution in [0.2, 0.25) is 0 Å². The predicted molar refractivity (Wildman–Crippen MR) is 131 cm³/mol. The third kappa shape index (κ3) is 5.24. The predicted octanol–water partition coefficient (Wildman–Crippen LogP) is 6.21. The molecule has 0 saturated heterocycles. The van der Waals surface area contributed by atoms with Crippen molar-refractivity contribution in [3.63, 3.8) is 0 Å². The Kier molecular flexibility index (Phi) is 7.06. The minimum Gasteiger partial charge on any atom is -0.493 e. The molecule has 0 bridgehead atoms. The molecule has 0 radical (unpaired) electrons. The van der Waals surface area contributed by atoms with Crippen LogP contribution in [0.25, 0.3) is 11.1 Å². The molecular weight excluding hydrogens is 410 g/mol. The van der Waals surface area contributed by atoms with Crippen LogP contribution in [0.1, 0.15) is 21.5 Å². The largest absolute Gasteiger partial charge is 0.493 e. The Balaban J connectivity index is 1.72. The van der Waals surface area contributed by atoms with Gasteiger partial charge in [-0.05, 0) is 40.5 Å². The normalized spacial score (nSPS) is 10.5. The average Bonchev–Trinajstić information content (AvgIpc) is 2.88. The van der Waals surface area contributed by atoms with E-state index in [1.807, 2.05) is 108 Å². The number of rotatable bonds is 8. The lowest BCUT2D eigenvalue weighted by Crippen LogP contribution is -2.30. The van der Waals surface area contributed by atoms with Crippen LogP contribution in [0.3, 0.4) is 0 Å². The summed E-state index contributed by atoms with van der Waals surface area (Å²) in [5.74, 6) is 1.26. The van der Waals surface area contributed by atoms with Gasteiger partial charge in [-0.1, -0.05) is 84.9 Å². The van der Waals surface area contributed by atoms with Crippen molar-refractivity contribution in [1.82, 2.24) is 4.90 Å². The number of hydrogen-bond acceptors (Lipinski definition) is 3. The van der Waals surface area contributed by atoms with Gasteiger partial charge in [0.15, 0.2) is 11.5 Å². The number of methoxy groups -OCH3 is 2. The van der Waals surface area contributed by atoms with E-state index < -0.39 is 0 Å². The van der Waals surface area contributed by atoms with Gasteiger partial charge in [-0.15, -0.1) is 0 Å². The van der Waals surface area contributed by atoms with Gasteiger partial charge in [0.25, 0.3) is 5.91 Å². The number of ether oxygens (including phenoxy) is 2. The summed E-state index contributed by atoms with van der Waals surface area (Å²) in [6.45, 7) is 1.05. The molecule has 4 aromatic rings. The van der Waals surface area contributed by atoms with Gasteiger partial charge in [-0.3, -0.25) is 4.79 Å². The van der Waals surface area contributed by atoms with Crippen LogP contribution in [-0.2, 0) is 13.1 Å². The first-order valence-electron chi connectivity index (χ1n) is 10.9. The maximum Gasteiger partial charge on any atom is 0.255 e. The van der Waals surface area contributed by atoms with E-state index >= 15 is 0 Å². The highest BCUT2D eigenvalue weighted by atomic mass is 16.5. The topological polar surface area (TPSA) is 38.8 Å². The molecule has 4 aromatic carbocycles. The molecule has 0 aliphatic rings. The van der Waals surface area contributed by atoms with Gasteiger partial charge in [-0.25, -0.2) is 0 Å². The van der Waals surface area contributed by atoms with Gasteiger partial charge < -0.3 is 14.4 Å².